The van der Waals surface area contributed by atoms with Crippen LogP contribution in [0.1, 0.15) is 0 Å². The van der Waals surface area contributed by atoms with Gasteiger partial charge in [-0.15, -0.1) is 0 Å². The normalized spacial score (nSPS) is 10.3. The van der Waals surface area contributed by atoms with Gasteiger partial charge in [-0.2, -0.15) is 0 Å². The van der Waals surface area contributed by atoms with Gasteiger partial charge in [-0.25, -0.2) is 8.78 Å². The number of para-hydroxylation sites is 1. The molecule has 0 unspecified atom stereocenters. The van der Waals surface area contributed by atoms with Crippen molar-refractivity contribution in [1.29, 1.82) is 0 Å². The lowest BCUT2D eigenvalue weighted by Crippen LogP contribution is -1.96. The zero-order chi connectivity index (χ0) is 10.8. The van der Waals surface area contributed by atoms with Crippen molar-refractivity contribution in [3.63, 3.8) is 0 Å². The Hall–Kier alpha value is -1.84. The van der Waals surface area contributed by atoms with E-state index in [0.29, 0.717) is 5.88 Å². The second-order valence-electron chi connectivity index (χ2n) is 3.11. The van der Waals surface area contributed by atoms with Crippen molar-refractivity contribution in [2.45, 2.75) is 0 Å². The summed E-state index contributed by atoms with van der Waals surface area (Å²) in [4.78, 5) is 0. The Balaban J connectivity index is 2.36. The van der Waals surface area contributed by atoms with Crippen molar-refractivity contribution in [2.75, 3.05) is 0 Å². The molecule has 2 nitrogen and oxygen atoms in total. The van der Waals surface area contributed by atoms with Gasteiger partial charge in [-0.3, -0.25) is 0 Å². The highest BCUT2D eigenvalue weighted by Gasteiger charge is 2.11. The van der Waals surface area contributed by atoms with Gasteiger partial charge in [0.1, 0.15) is 0 Å². The molecule has 0 saturated heterocycles. The SMILES string of the molecule is Cn1cccc1Oc1c(F)cccc1F. The summed E-state index contributed by atoms with van der Waals surface area (Å²) in [7, 11) is 1.73. The number of halogens is 2. The average Bonchev–Trinajstić information content (AvgIpc) is 2.58. The van der Waals surface area contributed by atoms with Crippen molar-refractivity contribution in [2.24, 2.45) is 7.05 Å². The van der Waals surface area contributed by atoms with Crippen LogP contribution in [0, 0.1) is 11.6 Å². The third kappa shape index (κ3) is 1.83. The molecule has 0 amide bonds. The molecule has 0 fully saturated rings. The second kappa shape index (κ2) is 3.73. The summed E-state index contributed by atoms with van der Waals surface area (Å²) in [5.41, 5.74) is 0. The minimum atomic E-state index is -0.712. The maximum Gasteiger partial charge on any atom is 0.200 e. The maximum absolute atomic E-state index is 13.2. The number of aryl methyl sites for hydroxylation is 1. The molecule has 0 aliphatic heterocycles. The van der Waals surface area contributed by atoms with Crippen LogP contribution in [-0.2, 0) is 7.05 Å². The Morgan fingerprint density at radius 3 is 2.27 bits per heavy atom. The molecule has 0 N–H and O–H groups in total. The van der Waals surface area contributed by atoms with E-state index in [1.54, 1.807) is 29.9 Å². The van der Waals surface area contributed by atoms with Gasteiger partial charge in [0.25, 0.3) is 0 Å². The molecule has 0 aliphatic carbocycles. The summed E-state index contributed by atoms with van der Waals surface area (Å²) in [6.07, 6.45) is 1.73. The second-order valence-corrected chi connectivity index (χ2v) is 3.11. The Morgan fingerprint density at radius 2 is 1.73 bits per heavy atom. The fraction of sp³-hybridized carbons (Fsp3) is 0.0909. The van der Waals surface area contributed by atoms with E-state index in [2.05, 4.69) is 0 Å². The van der Waals surface area contributed by atoms with Gasteiger partial charge < -0.3 is 9.30 Å². The van der Waals surface area contributed by atoms with E-state index in [1.807, 2.05) is 0 Å². The summed E-state index contributed by atoms with van der Waals surface area (Å²) in [6, 6.07) is 6.96. The van der Waals surface area contributed by atoms with E-state index >= 15 is 0 Å². The molecule has 1 heterocycles. The number of hydrogen-bond donors (Lipinski definition) is 0. The van der Waals surface area contributed by atoms with Crippen molar-refractivity contribution in [1.82, 2.24) is 4.57 Å². The van der Waals surface area contributed by atoms with Crippen LogP contribution in [0.2, 0.25) is 0 Å². The Labute approximate surface area is 85.7 Å². The van der Waals surface area contributed by atoms with Gasteiger partial charge in [0, 0.05) is 19.3 Å². The molecule has 4 heteroatoms. The summed E-state index contributed by atoms with van der Waals surface area (Å²) < 4.78 is 33.2. The van der Waals surface area contributed by atoms with Gasteiger partial charge in [-0.05, 0) is 18.2 Å². The fourth-order valence-electron chi connectivity index (χ4n) is 1.24. The lowest BCUT2D eigenvalue weighted by molar-refractivity contribution is 0.384. The first kappa shape index (κ1) is 9.71. The molecule has 15 heavy (non-hydrogen) atoms. The van der Waals surface area contributed by atoms with Crippen molar-refractivity contribution in [3.8, 4) is 11.6 Å². The minimum absolute atomic E-state index is 0.376. The molecule has 2 aromatic rings. The predicted molar refractivity (Wildman–Crippen MR) is 51.8 cm³/mol. The maximum atomic E-state index is 13.2. The highest BCUT2D eigenvalue weighted by Crippen LogP contribution is 2.26. The highest BCUT2D eigenvalue weighted by atomic mass is 19.1. The van der Waals surface area contributed by atoms with Gasteiger partial charge in [0.2, 0.25) is 5.75 Å². The minimum Gasteiger partial charge on any atom is -0.435 e. The Bertz CT molecular complexity index is 459. The number of ether oxygens (including phenoxy) is 1. The van der Waals surface area contributed by atoms with Crippen molar-refractivity contribution >= 4 is 0 Å². The quantitative estimate of drug-likeness (QED) is 0.741. The molecule has 78 valence electrons. The highest BCUT2D eigenvalue weighted by molar-refractivity contribution is 5.30. The Morgan fingerprint density at radius 1 is 1.07 bits per heavy atom. The lowest BCUT2D eigenvalue weighted by Gasteiger charge is -2.07. The third-order valence-electron chi connectivity index (χ3n) is 2.02. The number of hydrogen-bond acceptors (Lipinski definition) is 1. The van der Waals surface area contributed by atoms with E-state index in [9.17, 15) is 8.78 Å². The summed E-state index contributed by atoms with van der Waals surface area (Å²) in [5, 5.41) is 0. The number of nitrogens with zero attached hydrogens (tertiary/aromatic N) is 1. The van der Waals surface area contributed by atoms with E-state index in [1.165, 1.54) is 6.07 Å². The fourth-order valence-corrected chi connectivity index (χ4v) is 1.24. The van der Waals surface area contributed by atoms with Gasteiger partial charge in [-0.1, -0.05) is 6.07 Å². The molecule has 1 aromatic heterocycles. The first-order chi connectivity index (χ1) is 7.18. The van der Waals surface area contributed by atoms with Gasteiger partial charge in [0.15, 0.2) is 17.5 Å². The van der Waals surface area contributed by atoms with Crippen LogP contribution in [0.3, 0.4) is 0 Å². The number of aromatic nitrogens is 1. The molecular formula is C11H9F2NO. The van der Waals surface area contributed by atoms with Crippen molar-refractivity contribution in [3.05, 3.63) is 48.2 Å². The molecule has 0 bridgehead atoms. The number of benzene rings is 1. The molecular weight excluding hydrogens is 200 g/mol. The molecule has 0 atom stereocenters. The average molecular weight is 209 g/mol. The molecule has 0 saturated carbocycles. The van der Waals surface area contributed by atoms with Gasteiger partial charge in [0.05, 0.1) is 0 Å². The first-order valence-electron chi connectivity index (χ1n) is 4.41. The lowest BCUT2D eigenvalue weighted by atomic mass is 10.3. The predicted octanol–water partition coefficient (Wildman–Crippen LogP) is 3.10. The molecule has 0 aliphatic rings. The van der Waals surface area contributed by atoms with E-state index < -0.39 is 11.6 Å². The zero-order valence-electron chi connectivity index (χ0n) is 8.08. The van der Waals surface area contributed by atoms with E-state index in [0.717, 1.165) is 12.1 Å². The van der Waals surface area contributed by atoms with Crippen LogP contribution in [0.4, 0.5) is 8.78 Å². The molecule has 0 radical (unpaired) electrons. The monoisotopic (exact) mass is 209 g/mol. The Kier molecular flexibility index (Phi) is 2.41. The topological polar surface area (TPSA) is 14.2 Å². The smallest absolute Gasteiger partial charge is 0.200 e. The van der Waals surface area contributed by atoms with Crippen LogP contribution in [0.15, 0.2) is 36.5 Å². The molecule has 2 rings (SSSR count). The molecule has 1 aromatic carbocycles. The van der Waals surface area contributed by atoms with Crippen molar-refractivity contribution < 1.29 is 13.5 Å². The van der Waals surface area contributed by atoms with Crippen LogP contribution in [0.25, 0.3) is 0 Å². The van der Waals surface area contributed by atoms with E-state index in [4.69, 9.17) is 4.74 Å². The molecule has 0 spiro atoms. The first-order valence-corrected chi connectivity index (χ1v) is 4.41. The van der Waals surface area contributed by atoms with Crippen LogP contribution in [-0.4, -0.2) is 4.57 Å². The number of rotatable bonds is 2. The summed E-state index contributed by atoms with van der Waals surface area (Å²) >= 11 is 0. The summed E-state index contributed by atoms with van der Waals surface area (Å²) in [6.45, 7) is 0. The standard InChI is InChI=1S/C11H9F2NO/c1-14-7-3-6-10(14)15-11-8(12)4-2-5-9(11)13/h2-7H,1H3. The largest absolute Gasteiger partial charge is 0.435 e. The van der Waals surface area contributed by atoms with Gasteiger partial charge >= 0.3 is 0 Å². The third-order valence-corrected chi connectivity index (χ3v) is 2.02. The van der Waals surface area contributed by atoms with Crippen LogP contribution >= 0.6 is 0 Å². The van der Waals surface area contributed by atoms with Crippen LogP contribution < -0.4 is 4.74 Å². The zero-order valence-corrected chi connectivity index (χ0v) is 8.08. The van der Waals surface area contributed by atoms with Crippen LogP contribution in [0.5, 0.6) is 11.6 Å². The van der Waals surface area contributed by atoms with E-state index in [-0.39, 0.29) is 5.75 Å². The summed E-state index contributed by atoms with van der Waals surface area (Å²) in [5.74, 6) is -1.41.